The molecule has 0 saturated carbocycles. The number of hydrogen-bond donors (Lipinski definition) is 0. The summed E-state index contributed by atoms with van der Waals surface area (Å²) in [5, 5.41) is 0. The second kappa shape index (κ2) is 9.82. The van der Waals surface area contributed by atoms with Crippen LogP contribution in [0.2, 0.25) is 0 Å². The van der Waals surface area contributed by atoms with Gasteiger partial charge in [0.05, 0.1) is 3.55 Å². The third-order valence-electron chi connectivity index (χ3n) is 2.23. The summed E-state index contributed by atoms with van der Waals surface area (Å²) in [6, 6.07) is 0. The molecule has 0 spiro atoms. The van der Waals surface area contributed by atoms with E-state index in [1.165, 1.54) is 12.8 Å². The van der Waals surface area contributed by atoms with Gasteiger partial charge >= 0.3 is 8.80 Å². The Bertz CT molecular complexity index is 152. The van der Waals surface area contributed by atoms with Crippen molar-refractivity contribution >= 4 is 31.4 Å². The highest BCUT2D eigenvalue weighted by molar-refractivity contribution is 14.1. The van der Waals surface area contributed by atoms with Crippen LogP contribution in [0.3, 0.4) is 0 Å². The predicted octanol–water partition coefficient (Wildman–Crippen LogP) is 3.57. The van der Waals surface area contributed by atoms with Crippen LogP contribution in [0, 0.1) is 0 Å². The highest BCUT2D eigenvalue weighted by atomic mass is 127. The molecule has 0 aliphatic rings. The van der Waals surface area contributed by atoms with E-state index in [2.05, 4.69) is 29.5 Å². The van der Waals surface area contributed by atoms with Crippen molar-refractivity contribution in [3.63, 3.8) is 0 Å². The zero-order chi connectivity index (χ0) is 12.4. The van der Waals surface area contributed by atoms with E-state index in [0.29, 0.717) is 23.4 Å². The predicted molar refractivity (Wildman–Crippen MR) is 78.0 cm³/mol. The van der Waals surface area contributed by atoms with E-state index < -0.39 is 8.80 Å². The van der Waals surface area contributed by atoms with E-state index in [1.807, 2.05) is 20.8 Å². The van der Waals surface area contributed by atoms with Crippen LogP contribution in [0.1, 0.15) is 47.0 Å². The van der Waals surface area contributed by atoms with E-state index in [4.69, 9.17) is 13.3 Å². The summed E-state index contributed by atoms with van der Waals surface area (Å²) in [6.07, 6.45) is 3.52. The summed E-state index contributed by atoms with van der Waals surface area (Å²) >= 11 is 2.44. The number of rotatable bonds is 10. The highest BCUT2D eigenvalue weighted by Gasteiger charge is 2.47. The van der Waals surface area contributed by atoms with Crippen molar-refractivity contribution in [1.29, 1.82) is 0 Å². The summed E-state index contributed by atoms with van der Waals surface area (Å²) in [5.74, 6) is 0. The van der Waals surface area contributed by atoms with E-state index in [9.17, 15) is 0 Å². The Hall–Kier alpha value is 0.827. The van der Waals surface area contributed by atoms with Crippen molar-refractivity contribution in [3.8, 4) is 0 Å². The molecule has 0 aliphatic heterocycles. The molecule has 0 bridgehead atoms. The second-order valence-electron chi connectivity index (χ2n) is 3.51. The first kappa shape index (κ1) is 16.8. The van der Waals surface area contributed by atoms with E-state index in [1.54, 1.807) is 0 Å². The zero-order valence-electron chi connectivity index (χ0n) is 10.9. The van der Waals surface area contributed by atoms with Gasteiger partial charge in [0, 0.05) is 19.8 Å². The second-order valence-corrected chi connectivity index (χ2v) is 8.96. The van der Waals surface area contributed by atoms with Crippen LogP contribution in [-0.2, 0) is 13.3 Å². The van der Waals surface area contributed by atoms with Gasteiger partial charge in [-0.3, -0.25) is 0 Å². The number of unbranched alkanes of at least 4 members (excludes halogenated alkanes) is 1. The Labute approximate surface area is 115 Å². The molecule has 98 valence electrons. The van der Waals surface area contributed by atoms with Crippen molar-refractivity contribution in [2.45, 2.75) is 50.5 Å². The van der Waals surface area contributed by atoms with Crippen molar-refractivity contribution in [2.24, 2.45) is 0 Å². The van der Waals surface area contributed by atoms with E-state index >= 15 is 0 Å². The summed E-state index contributed by atoms with van der Waals surface area (Å²) in [6.45, 7) is 10.2. The molecule has 0 fully saturated rings. The first-order valence-corrected chi connectivity index (χ1v) is 9.27. The topological polar surface area (TPSA) is 27.7 Å². The molecule has 0 aromatic heterocycles. The molecule has 5 heteroatoms. The van der Waals surface area contributed by atoms with Gasteiger partial charge in [-0.2, -0.15) is 0 Å². The molecular weight excluding hydrogens is 335 g/mol. The summed E-state index contributed by atoms with van der Waals surface area (Å²) in [4.78, 5) is 0. The van der Waals surface area contributed by atoms with Gasteiger partial charge in [0.1, 0.15) is 0 Å². The molecule has 0 aromatic carbocycles. The Morgan fingerprint density at radius 2 is 1.38 bits per heavy atom. The maximum Gasteiger partial charge on any atom is 0.514 e. The molecule has 1 atom stereocenters. The third-order valence-corrected chi connectivity index (χ3v) is 8.27. The van der Waals surface area contributed by atoms with Crippen LogP contribution < -0.4 is 0 Å². The molecule has 0 N–H and O–H groups in total. The Kier molecular flexibility index (Phi) is 10.3. The number of alkyl halides is 1. The first-order chi connectivity index (χ1) is 7.66. The minimum absolute atomic E-state index is 0.366. The van der Waals surface area contributed by atoms with Crippen LogP contribution in [0.25, 0.3) is 0 Å². The zero-order valence-corrected chi connectivity index (χ0v) is 14.1. The van der Waals surface area contributed by atoms with Crippen molar-refractivity contribution in [1.82, 2.24) is 0 Å². The van der Waals surface area contributed by atoms with Gasteiger partial charge < -0.3 is 13.3 Å². The molecular formula is C11H25IO3Si. The van der Waals surface area contributed by atoms with E-state index in [-0.39, 0.29) is 0 Å². The van der Waals surface area contributed by atoms with Gasteiger partial charge in [0.2, 0.25) is 0 Å². The summed E-state index contributed by atoms with van der Waals surface area (Å²) in [5.41, 5.74) is 0. The molecule has 0 radical (unpaired) electrons. The molecule has 16 heavy (non-hydrogen) atoms. The Morgan fingerprint density at radius 1 is 0.938 bits per heavy atom. The van der Waals surface area contributed by atoms with Gasteiger partial charge in [-0.15, -0.1) is 0 Å². The van der Waals surface area contributed by atoms with Gasteiger partial charge in [0.15, 0.2) is 0 Å². The van der Waals surface area contributed by atoms with E-state index in [0.717, 1.165) is 6.42 Å². The van der Waals surface area contributed by atoms with Crippen molar-refractivity contribution in [2.75, 3.05) is 19.8 Å². The normalized spacial score (nSPS) is 14.1. The van der Waals surface area contributed by atoms with Crippen molar-refractivity contribution in [3.05, 3.63) is 0 Å². The van der Waals surface area contributed by atoms with Gasteiger partial charge in [0.25, 0.3) is 0 Å². The first-order valence-electron chi connectivity index (χ1n) is 6.22. The monoisotopic (exact) mass is 360 g/mol. The minimum Gasteiger partial charge on any atom is -0.373 e. The lowest BCUT2D eigenvalue weighted by molar-refractivity contribution is 0.0700. The Balaban J connectivity index is 4.54. The lowest BCUT2D eigenvalue weighted by Crippen LogP contribution is -2.54. The fourth-order valence-electron chi connectivity index (χ4n) is 1.56. The maximum atomic E-state index is 5.86. The smallest absolute Gasteiger partial charge is 0.373 e. The lowest BCUT2D eigenvalue weighted by Gasteiger charge is -2.32. The molecule has 0 aromatic rings. The molecule has 0 rings (SSSR count). The van der Waals surface area contributed by atoms with Crippen LogP contribution in [-0.4, -0.2) is 32.2 Å². The van der Waals surface area contributed by atoms with Crippen LogP contribution in [0.5, 0.6) is 0 Å². The van der Waals surface area contributed by atoms with Crippen molar-refractivity contribution < 1.29 is 13.3 Å². The van der Waals surface area contributed by atoms with Gasteiger partial charge in [-0.25, -0.2) is 0 Å². The molecule has 1 unspecified atom stereocenters. The number of hydrogen-bond acceptors (Lipinski definition) is 3. The third kappa shape index (κ3) is 5.44. The number of halogens is 1. The van der Waals surface area contributed by atoms with Gasteiger partial charge in [-0.05, 0) is 27.2 Å². The average Bonchev–Trinajstić information content (AvgIpc) is 2.26. The minimum atomic E-state index is -2.45. The standard InChI is InChI=1S/C11H25IO3Si/c1-5-9-10-11(12)16(13-6-2,14-7-3)15-8-4/h11H,5-10H2,1-4H3. The Morgan fingerprint density at radius 3 is 1.69 bits per heavy atom. The average molecular weight is 360 g/mol. The SMILES string of the molecule is CCCCC(I)[Si](OCC)(OCC)OCC. The fourth-order valence-corrected chi connectivity index (χ4v) is 6.18. The maximum absolute atomic E-state index is 5.86. The van der Waals surface area contributed by atoms with Crippen LogP contribution in [0.4, 0.5) is 0 Å². The molecule has 0 aliphatic carbocycles. The summed E-state index contributed by atoms with van der Waals surface area (Å²) < 4.78 is 17.9. The molecule has 0 amide bonds. The summed E-state index contributed by atoms with van der Waals surface area (Å²) in [7, 11) is -2.45. The lowest BCUT2D eigenvalue weighted by atomic mass is 10.3. The molecule has 0 heterocycles. The highest BCUT2D eigenvalue weighted by Crippen LogP contribution is 2.26. The van der Waals surface area contributed by atoms with Crippen LogP contribution >= 0.6 is 22.6 Å². The largest absolute Gasteiger partial charge is 0.514 e. The fraction of sp³-hybridized carbons (Fsp3) is 1.00. The quantitative estimate of drug-likeness (QED) is 0.339. The van der Waals surface area contributed by atoms with Crippen LogP contribution in [0.15, 0.2) is 0 Å². The van der Waals surface area contributed by atoms with Gasteiger partial charge in [-0.1, -0.05) is 42.4 Å². The molecule has 0 saturated heterocycles. The molecule has 3 nitrogen and oxygen atoms in total.